The Balaban J connectivity index is 2.32. The van der Waals surface area contributed by atoms with Gasteiger partial charge in [0, 0.05) is 12.2 Å². The van der Waals surface area contributed by atoms with E-state index in [9.17, 15) is 0 Å². The number of hydrogen-bond donors (Lipinski definition) is 2. The standard InChI is InChI=1S/C9H15N4/c1-8(4-7-10-2)13-9-11-5-3-6-12-9/h3,5,8,10H,4,7H2,1-2H3,(H,11,12,13). The number of aromatic nitrogens is 2. The number of hydrogen-bond acceptors (Lipinski definition) is 4. The molecule has 13 heavy (non-hydrogen) atoms. The van der Waals surface area contributed by atoms with Crippen LogP contribution < -0.4 is 10.6 Å². The van der Waals surface area contributed by atoms with Gasteiger partial charge in [0.2, 0.25) is 5.95 Å². The minimum absolute atomic E-state index is 0.378. The smallest absolute Gasteiger partial charge is 0.223 e. The lowest BCUT2D eigenvalue weighted by Gasteiger charge is -2.12. The Bertz CT molecular complexity index is 224. The van der Waals surface area contributed by atoms with Crippen LogP contribution in [0.1, 0.15) is 13.3 Å². The summed E-state index contributed by atoms with van der Waals surface area (Å²) < 4.78 is 0. The molecule has 4 heteroatoms. The van der Waals surface area contributed by atoms with Gasteiger partial charge in [-0.25, -0.2) is 9.97 Å². The summed E-state index contributed by atoms with van der Waals surface area (Å²) in [6, 6.07) is 2.06. The van der Waals surface area contributed by atoms with E-state index in [1.165, 1.54) is 0 Å². The van der Waals surface area contributed by atoms with Gasteiger partial charge >= 0.3 is 0 Å². The summed E-state index contributed by atoms with van der Waals surface area (Å²) in [5.74, 6) is 0.645. The number of nitrogens with one attached hydrogen (secondary N) is 2. The molecule has 0 aliphatic heterocycles. The molecule has 1 aromatic rings. The zero-order valence-electron chi connectivity index (χ0n) is 8.04. The Morgan fingerprint density at radius 2 is 2.46 bits per heavy atom. The molecule has 0 bridgehead atoms. The van der Waals surface area contributed by atoms with Gasteiger partial charge in [-0.3, -0.25) is 0 Å². The van der Waals surface area contributed by atoms with Crippen LogP contribution in [0.4, 0.5) is 5.95 Å². The van der Waals surface area contributed by atoms with E-state index in [0.717, 1.165) is 13.0 Å². The van der Waals surface area contributed by atoms with E-state index in [1.54, 1.807) is 12.3 Å². The number of rotatable bonds is 5. The van der Waals surface area contributed by atoms with Crippen molar-refractivity contribution in [3.8, 4) is 0 Å². The molecule has 0 amide bonds. The summed E-state index contributed by atoms with van der Waals surface area (Å²) in [5.41, 5.74) is 0. The molecule has 0 aliphatic rings. The summed E-state index contributed by atoms with van der Waals surface area (Å²) in [6.07, 6.45) is 5.46. The van der Waals surface area contributed by atoms with E-state index < -0.39 is 0 Å². The summed E-state index contributed by atoms with van der Waals surface area (Å²) in [7, 11) is 1.94. The fraction of sp³-hybridized carbons (Fsp3) is 0.556. The van der Waals surface area contributed by atoms with E-state index in [1.807, 2.05) is 7.05 Å². The van der Waals surface area contributed by atoms with Crippen LogP contribution in [0.3, 0.4) is 0 Å². The Kier molecular flexibility index (Phi) is 4.18. The predicted octanol–water partition coefficient (Wildman–Crippen LogP) is 0.687. The summed E-state index contributed by atoms with van der Waals surface area (Å²) in [6.45, 7) is 3.10. The van der Waals surface area contributed by atoms with Gasteiger partial charge in [0.15, 0.2) is 0 Å². The zero-order valence-corrected chi connectivity index (χ0v) is 8.04. The highest BCUT2D eigenvalue weighted by Crippen LogP contribution is 1.99. The fourth-order valence-corrected chi connectivity index (χ4v) is 0.991. The van der Waals surface area contributed by atoms with Crippen LogP contribution >= 0.6 is 0 Å². The van der Waals surface area contributed by atoms with E-state index in [2.05, 4.69) is 33.7 Å². The highest BCUT2D eigenvalue weighted by molar-refractivity contribution is 5.23. The van der Waals surface area contributed by atoms with Crippen LogP contribution in [0, 0.1) is 6.20 Å². The quantitative estimate of drug-likeness (QED) is 0.698. The van der Waals surface area contributed by atoms with Gasteiger partial charge in [0.25, 0.3) is 0 Å². The van der Waals surface area contributed by atoms with Crippen molar-refractivity contribution >= 4 is 5.95 Å². The molecule has 0 fully saturated rings. The van der Waals surface area contributed by atoms with Crippen LogP contribution in [-0.2, 0) is 0 Å². The van der Waals surface area contributed by atoms with Crippen LogP contribution in [0.5, 0.6) is 0 Å². The van der Waals surface area contributed by atoms with Gasteiger partial charge in [0.05, 0.1) is 6.20 Å². The van der Waals surface area contributed by atoms with Crippen molar-refractivity contribution in [3.05, 3.63) is 18.5 Å². The number of nitrogens with zero attached hydrogens (tertiary/aromatic N) is 2. The third-order valence-corrected chi connectivity index (χ3v) is 1.72. The van der Waals surface area contributed by atoms with Gasteiger partial charge in [-0.2, -0.15) is 0 Å². The molecule has 1 atom stereocenters. The monoisotopic (exact) mass is 179 g/mol. The minimum Gasteiger partial charge on any atom is -0.352 e. The van der Waals surface area contributed by atoms with Crippen molar-refractivity contribution in [2.75, 3.05) is 18.9 Å². The van der Waals surface area contributed by atoms with Crippen molar-refractivity contribution in [1.82, 2.24) is 15.3 Å². The molecular formula is C9H15N4. The normalized spacial score (nSPS) is 12.5. The molecule has 1 rings (SSSR count). The zero-order chi connectivity index (χ0) is 9.52. The molecule has 0 spiro atoms. The maximum absolute atomic E-state index is 4.05. The molecule has 2 N–H and O–H groups in total. The van der Waals surface area contributed by atoms with Crippen molar-refractivity contribution in [2.24, 2.45) is 0 Å². The molecule has 0 aromatic carbocycles. The Morgan fingerprint density at radius 3 is 3.08 bits per heavy atom. The molecule has 0 aliphatic carbocycles. The van der Waals surface area contributed by atoms with Crippen molar-refractivity contribution in [1.29, 1.82) is 0 Å². The second kappa shape index (κ2) is 5.48. The maximum Gasteiger partial charge on any atom is 0.223 e. The van der Waals surface area contributed by atoms with Crippen molar-refractivity contribution < 1.29 is 0 Å². The molecule has 0 saturated carbocycles. The second-order valence-corrected chi connectivity index (χ2v) is 2.95. The van der Waals surface area contributed by atoms with Crippen molar-refractivity contribution in [2.45, 2.75) is 19.4 Å². The first kappa shape index (κ1) is 9.92. The highest BCUT2D eigenvalue weighted by Gasteiger charge is 2.01. The largest absolute Gasteiger partial charge is 0.352 e. The first-order chi connectivity index (χ1) is 6.33. The van der Waals surface area contributed by atoms with Crippen LogP contribution in [0.15, 0.2) is 12.3 Å². The Hall–Kier alpha value is -1.16. The van der Waals surface area contributed by atoms with Crippen molar-refractivity contribution in [3.63, 3.8) is 0 Å². The first-order valence-corrected chi connectivity index (χ1v) is 4.43. The van der Waals surface area contributed by atoms with Crippen LogP contribution in [-0.4, -0.2) is 29.6 Å². The van der Waals surface area contributed by atoms with Crippen LogP contribution in [0.25, 0.3) is 0 Å². The van der Waals surface area contributed by atoms with Gasteiger partial charge in [0.1, 0.15) is 0 Å². The Labute approximate surface area is 78.8 Å². The Morgan fingerprint density at radius 1 is 1.62 bits per heavy atom. The van der Waals surface area contributed by atoms with Gasteiger partial charge in [-0.05, 0) is 33.0 Å². The SMILES string of the molecule is CNCCC(C)Nc1n[c]ccn1. The van der Waals surface area contributed by atoms with Gasteiger partial charge in [-0.15, -0.1) is 0 Å². The minimum atomic E-state index is 0.378. The van der Waals surface area contributed by atoms with Gasteiger partial charge < -0.3 is 10.6 Å². The highest BCUT2D eigenvalue weighted by atomic mass is 15.1. The molecular weight excluding hydrogens is 164 g/mol. The third-order valence-electron chi connectivity index (χ3n) is 1.72. The topological polar surface area (TPSA) is 49.8 Å². The molecule has 1 unspecified atom stereocenters. The molecule has 1 aromatic heterocycles. The summed E-state index contributed by atoms with van der Waals surface area (Å²) in [5, 5.41) is 6.28. The lowest BCUT2D eigenvalue weighted by molar-refractivity contribution is 0.652. The first-order valence-electron chi connectivity index (χ1n) is 4.43. The van der Waals surface area contributed by atoms with E-state index >= 15 is 0 Å². The average molecular weight is 179 g/mol. The maximum atomic E-state index is 4.05. The van der Waals surface area contributed by atoms with Crippen LogP contribution in [0.2, 0.25) is 0 Å². The summed E-state index contributed by atoms with van der Waals surface area (Å²) in [4.78, 5) is 8.01. The van der Waals surface area contributed by atoms with E-state index in [0.29, 0.717) is 12.0 Å². The fourth-order valence-electron chi connectivity index (χ4n) is 0.991. The molecule has 1 radical (unpaired) electrons. The lowest BCUT2D eigenvalue weighted by Crippen LogP contribution is -2.22. The lowest BCUT2D eigenvalue weighted by atomic mass is 10.2. The average Bonchev–Trinajstić information content (AvgIpc) is 2.16. The predicted molar refractivity (Wildman–Crippen MR) is 52.5 cm³/mol. The van der Waals surface area contributed by atoms with E-state index in [4.69, 9.17) is 0 Å². The molecule has 4 nitrogen and oxygen atoms in total. The molecule has 71 valence electrons. The third kappa shape index (κ3) is 3.85. The van der Waals surface area contributed by atoms with Gasteiger partial charge in [-0.1, -0.05) is 0 Å². The second-order valence-electron chi connectivity index (χ2n) is 2.95. The van der Waals surface area contributed by atoms with E-state index in [-0.39, 0.29) is 0 Å². The summed E-state index contributed by atoms with van der Waals surface area (Å²) >= 11 is 0. The molecule has 0 saturated heterocycles. The number of anilines is 1. The molecule has 1 heterocycles.